The van der Waals surface area contributed by atoms with E-state index in [1.165, 1.54) is 4.90 Å². The first-order chi connectivity index (χ1) is 18.5. The molecule has 4 rings (SSSR count). The molecule has 2 aliphatic rings. The number of hydrogen-bond donors (Lipinski definition) is 3. The summed E-state index contributed by atoms with van der Waals surface area (Å²) < 4.78 is 5.89. The van der Waals surface area contributed by atoms with Gasteiger partial charge in [-0.2, -0.15) is 0 Å². The second-order valence-corrected chi connectivity index (χ2v) is 12.6. The van der Waals surface area contributed by atoms with Crippen LogP contribution in [0.1, 0.15) is 51.3 Å². The van der Waals surface area contributed by atoms with Crippen molar-refractivity contribution in [2.45, 2.75) is 71.7 Å². The smallest absolute Gasteiger partial charge is 0.246 e. The quantitative estimate of drug-likeness (QED) is 0.373. The largest absolute Gasteiger partial charge is 0.492 e. The number of aryl methyl sites for hydroxylation is 1. The summed E-state index contributed by atoms with van der Waals surface area (Å²) >= 11 is 7.40. The molecule has 1 aliphatic heterocycles. The van der Waals surface area contributed by atoms with Crippen LogP contribution >= 0.6 is 22.9 Å². The lowest BCUT2D eigenvalue weighted by Gasteiger charge is -2.35. The number of aromatic nitrogens is 1. The number of benzene rings is 1. The zero-order valence-corrected chi connectivity index (χ0v) is 24.4. The SMILES string of the molecule is Cc1ncsc1-c1ccc(CNC(=O)[C@@H]2C[C@@H](O)CN2C(=O)[C@@H](NC(=O)C2CC2)C(C)(C)C)c(OCCCl)c1. The highest BCUT2D eigenvalue weighted by molar-refractivity contribution is 7.13. The summed E-state index contributed by atoms with van der Waals surface area (Å²) in [6, 6.07) is 4.13. The van der Waals surface area contributed by atoms with Gasteiger partial charge in [0.15, 0.2) is 0 Å². The average molecular weight is 577 g/mol. The van der Waals surface area contributed by atoms with Crippen molar-refractivity contribution in [1.82, 2.24) is 20.5 Å². The zero-order chi connectivity index (χ0) is 28.3. The Bertz CT molecular complexity index is 1210. The van der Waals surface area contributed by atoms with Crippen molar-refractivity contribution in [3.63, 3.8) is 0 Å². The maximum atomic E-state index is 13.6. The van der Waals surface area contributed by atoms with Crippen molar-refractivity contribution in [2.75, 3.05) is 19.0 Å². The molecule has 0 radical (unpaired) electrons. The van der Waals surface area contributed by atoms with E-state index < -0.39 is 23.6 Å². The maximum absolute atomic E-state index is 13.6. The molecule has 1 saturated heterocycles. The van der Waals surface area contributed by atoms with Crippen molar-refractivity contribution in [3.05, 3.63) is 35.0 Å². The molecule has 1 aliphatic carbocycles. The molecule has 212 valence electrons. The van der Waals surface area contributed by atoms with Crippen molar-refractivity contribution < 1.29 is 24.2 Å². The van der Waals surface area contributed by atoms with Gasteiger partial charge in [-0.3, -0.25) is 14.4 Å². The molecule has 1 saturated carbocycles. The van der Waals surface area contributed by atoms with Crippen molar-refractivity contribution in [2.24, 2.45) is 11.3 Å². The van der Waals surface area contributed by atoms with Crippen LogP contribution in [0.3, 0.4) is 0 Å². The number of halogens is 1. The highest BCUT2D eigenvalue weighted by atomic mass is 35.5. The number of β-amino-alcohol motifs (C(OH)–C–C–N with tert-alkyl or cyclic N) is 1. The number of carbonyl (C=O) groups is 3. The van der Waals surface area contributed by atoms with Gasteiger partial charge in [-0.05, 0) is 36.8 Å². The van der Waals surface area contributed by atoms with Gasteiger partial charge in [0.05, 0.1) is 28.1 Å². The van der Waals surface area contributed by atoms with Crippen LogP contribution in [0.4, 0.5) is 0 Å². The van der Waals surface area contributed by atoms with Gasteiger partial charge in [-0.1, -0.05) is 32.9 Å². The van der Waals surface area contributed by atoms with E-state index in [4.69, 9.17) is 16.3 Å². The fraction of sp³-hybridized carbons (Fsp3) is 0.571. The molecule has 3 atom stereocenters. The molecule has 2 heterocycles. The van der Waals surface area contributed by atoms with E-state index in [2.05, 4.69) is 15.6 Å². The molecule has 11 heteroatoms. The van der Waals surface area contributed by atoms with Crippen LogP contribution in [0.15, 0.2) is 23.7 Å². The molecular formula is C28H37ClN4O5S. The molecule has 3 amide bonds. The van der Waals surface area contributed by atoms with Gasteiger partial charge in [0.1, 0.15) is 24.4 Å². The van der Waals surface area contributed by atoms with Gasteiger partial charge in [0.2, 0.25) is 17.7 Å². The molecule has 1 aromatic heterocycles. The Morgan fingerprint density at radius 2 is 2.00 bits per heavy atom. The number of amides is 3. The fourth-order valence-corrected chi connectivity index (χ4v) is 5.61. The lowest BCUT2D eigenvalue weighted by atomic mass is 9.85. The standard InChI is InChI=1S/C28H37ClN4O5S/c1-16-23(39-15-31-16)18-7-8-19(22(11-18)38-10-9-29)13-30-26(36)21-12-20(34)14-33(21)27(37)24(28(2,3)4)32-25(35)17-5-6-17/h7-8,11,15,17,20-21,24,34H,5-6,9-10,12-14H2,1-4H3,(H,30,36)(H,32,35)/t20-,21+,24-/m1/s1. The number of likely N-dealkylation sites (tertiary alicyclic amines) is 1. The van der Waals surface area contributed by atoms with Crippen LogP contribution < -0.4 is 15.4 Å². The van der Waals surface area contributed by atoms with Gasteiger partial charge in [-0.15, -0.1) is 22.9 Å². The van der Waals surface area contributed by atoms with Crippen LogP contribution in [0.5, 0.6) is 5.75 Å². The summed E-state index contributed by atoms with van der Waals surface area (Å²) in [5.74, 6) is 0.0170. The Morgan fingerprint density at radius 1 is 1.26 bits per heavy atom. The summed E-state index contributed by atoms with van der Waals surface area (Å²) in [6.45, 7) is 8.11. The number of carbonyl (C=O) groups excluding carboxylic acids is 3. The van der Waals surface area contributed by atoms with Gasteiger partial charge in [0, 0.05) is 31.0 Å². The van der Waals surface area contributed by atoms with Gasteiger partial charge in [0.25, 0.3) is 0 Å². The van der Waals surface area contributed by atoms with E-state index in [1.54, 1.807) is 16.8 Å². The lowest BCUT2D eigenvalue weighted by molar-refractivity contribution is -0.144. The monoisotopic (exact) mass is 576 g/mol. The number of alkyl halides is 1. The van der Waals surface area contributed by atoms with Crippen molar-refractivity contribution in [1.29, 1.82) is 0 Å². The Balaban J connectivity index is 1.48. The molecule has 3 N–H and O–H groups in total. The summed E-state index contributed by atoms with van der Waals surface area (Å²) in [5, 5.41) is 16.2. The van der Waals surface area contributed by atoms with E-state index >= 15 is 0 Å². The van der Waals surface area contributed by atoms with E-state index in [0.717, 1.165) is 34.5 Å². The molecule has 0 unspecified atom stereocenters. The number of aliphatic hydroxyl groups is 1. The minimum Gasteiger partial charge on any atom is -0.492 e. The van der Waals surface area contributed by atoms with Crippen molar-refractivity contribution >= 4 is 40.7 Å². The van der Waals surface area contributed by atoms with Crippen LogP contribution in [0, 0.1) is 18.3 Å². The molecular weight excluding hydrogens is 540 g/mol. The highest BCUT2D eigenvalue weighted by Crippen LogP contribution is 2.33. The highest BCUT2D eigenvalue weighted by Gasteiger charge is 2.45. The van der Waals surface area contributed by atoms with Crippen LogP contribution in [-0.4, -0.2) is 69.9 Å². The first kappa shape index (κ1) is 29.3. The maximum Gasteiger partial charge on any atom is 0.246 e. The number of nitrogens with one attached hydrogen (secondary N) is 2. The molecule has 0 bridgehead atoms. The number of aliphatic hydroxyl groups excluding tert-OH is 1. The Labute approximate surface area is 238 Å². The normalized spacial score (nSPS) is 20.0. The predicted molar refractivity (Wildman–Crippen MR) is 151 cm³/mol. The zero-order valence-electron chi connectivity index (χ0n) is 22.8. The second-order valence-electron chi connectivity index (χ2n) is 11.3. The van der Waals surface area contributed by atoms with Gasteiger partial charge in [-0.25, -0.2) is 4.98 Å². The van der Waals surface area contributed by atoms with Crippen LogP contribution in [0.25, 0.3) is 10.4 Å². The van der Waals surface area contributed by atoms with E-state index in [0.29, 0.717) is 18.2 Å². The molecule has 1 aromatic carbocycles. The number of thiazole rings is 1. The topological polar surface area (TPSA) is 121 Å². The lowest BCUT2D eigenvalue weighted by Crippen LogP contribution is -2.58. The number of ether oxygens (including phenoxy) is 1. The van der Waals surface area contributed by atoms with E-state index in [1.807, 2.05) is 45.9 Å². The second kappa shape index (κ2) is 12.2. The molecule has 0 spiro atoms. The molecule has 9 nitrogen and oxygen atoms in total. The van der Waals surface area contributed by atoms with Gasteiger partial charge < -0.3 is 25.4 Å². The first-order valence-electron chi connectivity index (χ1n) is 13.3. The molecule has 2 fully saturated rings. The Kier molecular flexibility index (Phi) is 9.18. The minimum atomic E-state index is -0.846. The summed E-state index contributed by atoms with van der Waals surface area (Å²) in [5.41, 5.74) is 3.88. The van der Waals surface area contributed by atoms with E-state index in [9.17, 15) is 19.5 Å². The third kappa shape index (κ3) is 7.10. The Morgan fingerprint density at radius 3 is 2.62 bits per heavy atom. The molecule has 2 aromatic rings. The summed E-state index contributed by atoms with van der Waals surface area (Å²) in [6.07, 6.45) is 0.954. The number of nitrogens with zero attached hydrogens (tertiary/aromatic N) is 2. The van der Waals surface area contributed by atoms with Crippen LogP contribution in [-0.2, 0) is 20.9 Å². The average Bonchev–Trinajstić information content (AvgIpc) is 3.54. The van der Waals surface area contributed by atoms with Crippen LogP contribution in [0.2, 0.25) is 0 Å². The van der Waals surface area contributed by atoms with E-state index in [-0.39, 0.29) is 43.1 Å². The van der Waals surface area contributed by atoms with Crippen molar-refractivity contribution in [3.8, 4) is 16.2 Å². The minimum absolute atomic E-state index is 0.0375. The number of rotatable bonds is 10. The molecule has 39 heavy (non-hydrogen) atoms. The number of hydrogen-bond acceptors (Lipinski definition) is 7. The predicted octanol–water partition coefficient (Wildman–Crippen LogP) is 3.26. The first-order valence-corrected chi connectivity index (χ1v) is 14.7. The third-order valence-electron chi connectivity index (χ3n) is 7.08. The fourth-order valence-electron chi connectivity index (χ4n) is 4.73. The summed E-state index contributed by atoms with van der Waals surface area (Å²) in [4.78, 5) is 46.3. The third-order valence-corrected chi connectivity index (χ3v) is 8.21. The summed E-state index contributed by atoms with van der Waals surface area (Å²) in [7, 11) is 0. The van der Waals surface area contributed by atoms with Gasteiger partial charge >= 0.3 is 0 Å². The Hall–Kier alpha value is -2.69.